The van der Waals surface area contributed by atoms with Crippen LogP contribution in [0.2, 0.25) is 0 Å². The first-order chi connectivity index (χ1) is 13.6. The highest BCUT2D eigenvalue weighted by Gasteiger charge is 2.11. The quantitative estimate of drug-likeness (QED) is 0.655. The van der Waals surface area contributed by atoms with Crippen LogP contribution >= 0.6 is 0 Å². The van der Waals surface area contributed by atoms with Gasteiger partial charge in [0.1, 0.15) is 29.3 Å². The molecule has 0 aliphatic heterocycles. The monoisotopic (exact) mass is 378 g/mol. The summed E-state index contributed by atoms with van der Waals surface area (Å²) >= 11 is 0. The minimum absolute atomic E-state index is 0.270. The van der Waals surface area contributed by atoms with E-state index in [1.807, 2.05) is 31.2 Å². The summed E-state index contributed by atoms with van der Waals surface area (Å²) in [6.07, 6.45) is 1.34. The Hall–Kier alpha value is -3.61. The fraction of sp³-hybridized carbons (Fsp3) is 0.190. The lowest BCUT2D eigenvalue weighted by Gasteiger charge is -2.12. The Balaban J connectivity index is 1.71. The number of aromatic nitrogens is 2. The first-order valence-corrected chi connectivity index (χ1v) is 8.74. The Bertz CT molecular complexity index is 958. The second-order valence-corrected chi connectivity index (χ2v) is 6.15. The summed E-state index contributed by atoms with van der Waals surface area (Å²) in [6.45, 7) is 2.45. The number of nitrogens with zero attached hydrogens (tertiary/aromatic N) is 2. The molecule has 0 unspecified atom stereocenters. The van der Waals surface area contributed by atoms with Crippen LogP contribution in [0.5, 0.6) is 11.5 Å². The maximum atomic E-state index is 12.4. The van der Waals surface area contributed by atoms with E-state index in [2.05, 4.69) is 20.6 Å². The van der Waals surface area contributed by atoms with Crippen molar-refractivity contribution in [2.45, 2.75) is 13.5 Å². The van der Waals surface area contributed by atoms with Crippen LogP contribution < -0.4 is 20.1 Å². The van der Waals surface area contributed by atoms with Crippen LogP contribution in [-0.4, -0.2) is 30.1 Å². The van der Waals surface area contributed by atoms with Crippen LogP contribution in [0.15, 0.2) is 54.9 Å². The van der Waals surface area contributed by atoms with Crippen molar-refractivity contribution in [3.63, 3.8) is 0 Å². The summed E-state index contributed by atoms with van der Waals surface area (Å²) in [6, 6.07) is 15.0. The number of hydrogen-bond acceptors (Lipinski definition) is 6. The smallest absolute Gasteiger partial charge is 0.270 e. The predicted octanol–water partition coefficient (Wildman–Crippen LogP) is 3.48. The average Bonchev–Trinajstić information content (AvgIpc) is 2.73. The molecule has 28 heavy (non-hydrogen) atoms. The molecule has 0 aliphatic carbocycles. The summed E-state index contributed by atoms with van der Waals surface area (Å²) in [4.78, 5) is 20.7. The van der Waals surface area contributed by atoms with Crippen LogP contribution in [0.25, 0.3) is 0 Å². The Labute approximate surface area is 163 Å². The molecule has 0 fully saturated rings. The Morgan fingerprint density at radius 1 is 1.00 bits per heavy atom. The molecule has 0 atom stereocenters. The van der Waals surface area contributed by atoms with E-state index in [4.69, 9.17) is 9.47 Å². The highest BCUT2D eigenvalue weighted by molar-refractivity contribution is 5.93. The third-order valence-corrected chi connectivity index (χ3v) is 4.14. The van der Waals surface area contributed by atoms with Crippen molar-refractivity contribution in [1.82, 2.24) is 15.3 Å². The molecule has 0 bridgehead atoms. The van der Waals surface area contributed by atoms with Crippen molar-refractivity contribution >= 4 is 17.4 Å². The van der Waals surface area contributed by atoms with Gasteiger partial charge in [0.05, 0.1) is 19.9 Å². The van der Waals surface area contributed by atoms with Gasteiger partial charge in [0.2, 0.25) is 0 Å². The van der Waals surface area contributed by atoms with E-state index in [-0.39, 0.29) is 11.6 Å². The van der Waals surface area contributed by atoms with Crippen LogP contribution in [0.1, 0.15) is 21.6 Å². The summed E-state index contributed by atoms with van der Waals surface area (Å²) in [7, 11) is 3.17. The molecule has 1 aromatic heterocycles. The van der Waals surface area contributed by atoms with Crippen molar-refractivity contribution in [2.24, 2.45) is 0 Å². The van der Waals surface area contributed by atoms with Crippen molar-refractivity contribution in [1.29, 1.82) is 0 Å². The normalized spacial score (nSPS) is 10.2. The second kappa shape index (κ2) is 8.85. The molecule has 1 amide bonds. The number of methoxy groups -OCH3 is 2. The molecule has 0 spiro atoms. The lowest BCUT2D eigenvalue weighted by atomic mass is 10.1. The van der Waals surface area contributed by atoms with Crippen molar-refractivity contribution in [2.75, 3.05) is 19.5 Å². The van der Waals surface area contributed by atoms with E-state index in [1.54, 1.807) is 38.5 Å². The van der Waals surface area contributed by atoms with Crippen molar-refractivity contribution in [3.8, 4) is 11.5 Å². The molecular weight excluding hydrogens is 356 g/mol. The Morgan fingerprint density at radius 2 is 1.79 bits per heavy atom. The van der Waals surface area contributed by atoms with Crippen LogP contribution in [0.4, 0.5) is 11.5 Å². The summed E-state index contributed by atoms with van der Waals surface area (Å²) in [5, 5.41) is 6.00. The summed E-state index contributed by atoms with van der Waals surface area (Å²) < 4.78 is 10.6. The van der Waals surface area contributed by atoms with Gasteiger partial charge in [-0.15, -0.1) is 0 Å². The van der Waals surface area contributed by atoms with E-state index in [1.165, 1.54) is 11.9 Å². The number of benzene rings is 2. The van der Waals surface area contributed by atoms with E-state index < -0.39 is 0 Å². The number of nitrogens with one attached hydrogen (secondary N) is 2. The third-order valence-electron chi connectivity index (χ3n) is 4.14. The number of carbonyl (C=O) groups is 1. The first kappa shape index (κ1) is 19.2. The Kier molecular flexibility index (Phi) is 6.06. The summed E-state index contributed by atoms with van der Waals surface area (Å²) in [5.41, 5.74) is 3.14. The van der Waals surface area contributed by atoms with Gasteiger partial charge in [0, 0.05) is 18.7 Å². The second-order valence-electron chi connectivity index (χ2n) is 6.15. The van der Waals surface area contributed by atoms with E-state index in [0.717, 1.165) is 5.56 Å². The minimum atomic E-state index is -0.274. The topological polar surface area (TPSA) is 85.4 Å². The maximum Gasteiger partial charge on any atom is 0.270 e. The maximum absolute atomic E-state index is 12.4. The molecule has 3 aromatic rings. The zero-order valence-electron chi connectivity index (χ0n) is 16.0. The molecule has 1 heterocycles. The molecular formula is C21H22N4O3. The van der Waals surface area contributed by atoms with Gasteiger partial charge in [-0.2, -0.15) is 0 Å². The number of carbonyl (C=O) groups excluding carboxylic acids is 1. The molecule has 0 saturated heterocycles. The lowest BCUT2D eigenvalue weighted by Crippen LogP contribution is -2.24. The van der Waals surface area contributed by atoms with Crippen molar-refractivity contribution < 1.29 is 14.3 Å². The van der Waals surface area contributed by atoms with Gasteiger partial charge in [-0.25, -0.2) is 9.97 Å². The first-order valence-electron chi connectivity index (χ1n) is 8.74. The summed E-state index contributed by atoms with van der Waals surface area (Å²) in [5.74, 6) is 1.50. The zero-order chi connectivity index (χ0) is 19.9. The number of hydrogen-bond donors (Lipinski definition) is 2. The molecule has 7 heteroatoms. The highest BCUT2D eigenvalue weighted by Crippen LogP contribution is 2.30. The molecule has 0 aliphatic rings. The fourth-order valence-corrected chi connectivity index (χ4v) is 2.58. The highest BCUT2D eigenvalue weighted by atomic mass is 16.5. The van der Waals surface area contributed by atoms with Gasteiger partial charge in [0.15, 0.2) is 0 Å². The SMILES string of the molecule is COc1ccc(OC)c(Nc2cc(C(=O)NCc3ccc(C)cc3)ncn2)c1. The van der Waals surface area contributed by atoms with Crippen LogP contribution in [0, 0.1) is 6.92 Å². The van der Waals surface area contributed by atoms with Gasteiger partial charge < -0.3 is 20.1 Å². The number of amides is 1. The molecule has 3 rings (SSSR count). The number of aryl methyl sites for hydroxylation is 1. The minimum Gasteiger partial charge on any atom is -0.497 e. The van der Waals surface area contributed by atoms with Crippen LogP contribution in [0.3, 0.4) is 0 Å². The molecule has 0 saturated carbocycles. The van der Waals surface area contributed by atoms with Crippen molar-refractivity contribution in [3.05, 3.63) is 71.7 Å². The van der Waals surface area contributed by atoms with E-state index in [0.29, 0.717) is 29.5 Å². The lowest BCUT2D eigenvalue weighted by molar-refractivity contribution is 0.0946. The number of ether oxygens (including phenoxy) is 2. The van der Waals surface area contributed by atoms with Gasteiger partial charge in [-0.3, -0.25) is 4.79 Å². The zero-order valence-corrected chi connectivity index (χ0v) is 16.0. The van der Waals surface area contributed by atoms with E-state index in [9.17, 15) is 4.79 Å². The van der Waals surface area contributed by atoms with Gasteiger partial charge in [-0.05, 0) is 24.6 Å². The van der Waals surface area contributed by atoms with Gasteiger partial charge in [-0.1, -0.05) is 29.8 Å². The standard InChI is InChI=1S/C21H22N4O3/c1-14-4-6-15(7-5-14)12-22-21(26)18-11-20(24-13-23-18)25-17-10-16(27-2)8-9-19(17)28-3/h4-11,13H,12H2,1-3H3,(H,22,26)(H,23,24,25). The number of anilines is 2. The predicted molar refractivity (Wildman–Crippen MR) is 107 cm³/mol. The molecule has 2 N–H and O–H groups in total. The molecule has 0 radical (unpaired) electrons. The largest absolute Gasteiger partial charge is 0.497 e. The number of rotatable bonds is 7. The van der Waals surface area contributed by atoms with Gasteiger partial charge in [0.25, 0.3) is 5.91 Å². The van der Waals surface area contributed by atoms with E-state index >= 15 is 0 Å². The van der Waals surface area contributed by atoms with Gasteiger partial charge >= 0.3 is 0 Å². The molecule has 144 valence electrons. The fourth-order valence-electron chi connectivity index (χ4n) is 2.58. The van der Waals surface area contributed by atoms with Crippen LogP contribution in [-0.2, 0) is 6.54 Å². The molecule has 7 nitrogen and oxygen atoms in total. The average molecular weight is 378 g/mol. The Morgan fingerprint density at radius 3 is 2.50 bits per heavy atom. The third kappa shape index (κ3) is 4.76. The molecule has 2 aromatic carbocycles.